The number of benzene rings is 4. The molecule has 7 heteroatoms. The molecule has 184 valence electrons. The number of nitrogens with one attached hydrogen (secondary N) is 2. The summed E-state index contributed by atoms with van der Waals surface area (Å²) < 4.78 is 34.2. The van der Waals surface area contributed by atoms with Gasteiger partial charge in [-0.3, -0.25) is 9.52 Å². The van der Waals surface area contributed by atoms with Gasteiger partial charge in [-0.1, -0.05) is 54.6 Å². The molecule has 36 heavy (non-hydrogen) atoms. The predicted molar refractivity (Wildman–Crippen MR) is 143 cm³/mol. The zero-order valence-corrected chi connectivity index (χ0v) is 21.0. The molecule has 0 heterocycles. The van der Waals surface area contributed by atoms with Gasteiger partial charge in [-0.2, -0.15) is 0 Å². The van der Waals surface area contributed by atoms with Crippen LogP contribution in [0.2, 0.25) is 0 Å². The van der Waals surface area contributed by atoms with E-state index in [9.17, 15) is 13.2 Å². The smallest absolute Gasteiger partial charge is 0.261 e. The second-order valence-corrected chi connectivity index (χ2v) is 10.1. The minimum Gasteiger partial charge on any atom is -0.493 e. The van der Waals surface area contributed by atoms with E-state index in [1.165, 1.54) is 17.7 Å². The summed E-state index contributed by atoms with van der Waals surface area (Å²) in [7, 11) is -3.77. The number of hydrogen-bond donors (Lipinski definition) is 2. The number of amides is 1. The molecule has 0 aliphatic heterocycles. The molecule has 0 aliphatic carbocycles. The quantitative estimate of drug-likeness (QED) is 0.296. The van der Waals surface area contributed by atoms with Crippen molar-refractivity contribution < 1.29 is 17.9 Å². The monoisotopic (exact) mass is 500 g/mol. The number of ether oxygens (including phenoxy) is 1. The van der Waals surface area contributed by atoms with E-state index in [1.807, 2.05) is 68.4 Å². The van der Waals surface area contributed by atoms with Crippen LogP contribution in [0.4, 0.5) is 11.4 Å². The molecule has 2 N–H and O–H groups in total. The third-order valence-corrected chi connectivity index (χ3v) is 7.10. The Morgan fingerprint density at radius 2 is 1.47 bits per heavy atom. The highest BCUT2D eigenvalue weighted by molar-refractivity contribution is 7.92. The van der Waals surface area contributed by atoms with Gasteiger partial charge in [0.25, 0.3) is 15.9 Å². The molecular weight excluding hydrogens is 472 g/mol. The fraction of sp³-hybridized carbons (Fsp3) is 0.138. The van der Waals surface area contributed by atoms with Crippen molar-refractivity contribution >= 4 is 27.3 Å². The number of carbonyl (C=O) groups excluding carboxylic acids is 1. The Hall–Kier alpha value is -4.10. The van der Waals surface area contributed by atoms with Gasteiger partial charge in [0.05, 0.1) is 17.2 Å². The van der Waals surface area contributed by atoms with Crippen molar-refractivity contribution in [2.75, 3.05) is 16.6 Å². The Balaban J connectivity index is 1.38. The SMILES string of the molecule is Cc1cccc(C)c1NS(=O)(=O)c1ccc(NC(=O)c2cccc(OCCc3ccccc3)c2)cc1. The van der Waals surface area contributed by atoms with Gasteiger partial charge in [0.15, 0.2) is 0 Å². The lowest BCUT2D eigenvalue weighted by molar-refractivity contribution is 0.102. The number of para-hydroxylation sites is 1. The summed E-state index contributed by atoms with van der Waals surface area (Å²) in [6, 6.07) is 28.7. The topological polar surface area (TPSA) is 84.5 Å². The summed E-state index contributed by atoms with van der Waals surface area (Å²) >= 11 is 0. The zero-order valence-electron chi connectivity index (χ0n) is 20.2. The molecule has 0 radical (unpaired) electrons. The number of carbonyl (C=O) groups is 1. The molecule has 0 spiro atoms. The summed E-state index contributed by atoms with van der Waals surface area (Å²) in [5, 5.41) is 2.80. The molecule has 1 amide bonds. The number of hydrogen-bond acceptors (Lipinski definition) is 4. The van der Waals surface area contributed by atoms with Gasteiger partial charge >= 0.3 is 0 Å². The van der Waals surface area contributed by atoms with E-state index in [0.717, 1.165) is 17.5 Å². The lowest BCUT2D eigenvalue weighted by atomic mass is 10.1. The maximum atomic E-state index is 12.9. The van der Waals surface area contributed by atoms with Crippen LogP contribution in [0.25, 0.3) is 0 Å². The van der Waals surface area contributed by atoms with Gasteiger partial charge in [0, 0.05) is 17.7 Å². The minimum atomic E-state index is -3.77. The first-order valence-electron chi connectivity index (χ1n) is 11.6. The first-order valence-corrected chi connectivity index (χ1v) is 13.1. The molecule has 6 nitrogen and oxygen atoms in total. The third-order valence-electron chi connectivity index (χ3n) is 5.74. The first-order chi connectivity index (χ1) is 17.3. The van der Waals surface area contributed by atoms with E-state index in [-0.39, 0.29) is 10.8 Å². The number of aryl methyl sites for hydroxylation is 2. The largest absolute Gasteiger partial charge is 0.493 e. The van der Waals surface area contributed by atoms with Crippen molar-refractivity contribution in [3.63, 3.8) is 0 Å². The van der Waals surface area contributed by atoms with Crippen molar-refractivity contribution in [3.05, 3.63) is 119 Å². The van der Waals surface area contributed by atoms with Crippen LogP contribution in [-0.2, 0) is 16.4 Å². The first kappa shape index (κ1) is 25.0. The average Bonchev–Trinajstić information content (AvgIpc) is 2.87. The van der Waals surface area contributed by atoms with Crippen molar-refractivity contribution in [1.29, 1.82) is 0 Å². The lowest BCUT2D eigenvalue weighted by Crippen LogP contribution is -2.15. The molecule has 0 saturated carbocycles. The van der Waals surface area contributed by atoms with Crippen LogP contribution in [0.15, 0.2) is 102 Å². The van der Waals surface area contributed by atoms with Crippen LogP contribution >= 0.6 is 0 Å². The zero-order chi connectivity index (χ0) is 25.5. The van der Waals surface area contributed by atoms with Gasteiger partial charge in [0.1, 0.15) is 5.75 Å². The Bertz CT molecular complexity index is 1430. The van der Waals surface area contributed by atoms with Gasteiger partial charge in [-0.25, -0.2) is 8.42 Å². The van der Waals surface area contributed by atoms with Crippen LogP contribution in [0, 0.1) is 13.8 Å². The highest BCUT2D eigenvalue weighted by Crippen LogP contribution is 2.24. The summed E-state index contributed by atoms with van der Waals surface area (Å²) in [6.45, 7) is 4.21. The molecule has 0 atom stereocenters. The minimum absolute atomic E-state index is 0.108. The Morgan fingerprint density at radius 3 is 2.17 bits per heavy atom. The average molecular weight is 501 g/mol. The summed E-state index contributed by atoms with van der Waals surface area (Å²) in [4.78, 5) is 12.9. The second-order valence-electron chi connectivity index (χ2n) is 8.46. The normalized spacial score (nSPS) is 11.1. The molecule has 4 rings (SSSR count). The van der Waals surface area contributed by atoms with Crippen LogP contribution in [-0.4, -0.2) is 20.9 Å². The maximum absolute atomic E-state index is 12.9. The molecule has 0 aliphatic rings. The van der Waals surface area contributed by atoms with Gasteiger partial charge in [-0.05, 0) is 73.0 Å². The highest BCUT2D eigenvalue weighted by Gasteiger charge is 2.17. The lowest BCUT2D eigenvalue weighted by Gasteiger charge is -2.13. The summed E-state index contributed by atoms with van der Waals surface area (Å²) in [6.07, 6.45) is 0.769. The van der Waals surface area contributed by atoms with Crippen LogP contribution < -0.4 is 14.8 Å². The van der Waals surface area contributed by atoms with Gasteiger partial charge < -0.3 is 10.1 Å². The summed E-state index contributed by atoms with van der Waals surface area (Å²) in [5.74, 6) is 0.297. The van der Waals surface area contributed by atoms with Crippen LogP contribution in [0.5, 0.6) is 5.75 Å². The molecule has 4 aromatic carbocycles. The number of sulfonamides is 1. The molecule has 4 aromatic rings. The van der Waals surface area contributed by atoms with Crippen LogP contribution in [0.1, 0.15) is 27.0 Å². The van der Waals surface area contributed by atoms with E-state index >= 15 is 0 Å². The molecule has 0 aromatic heterocycles. The maximum Gasteiger partial charge on any atom is 0.261 e. The Kier molecular flexibility index (Phi) is 7.71. The fourth-order valence-corrected chi connectivity index (χ4v) is 4.95. The van der Waals surface area contributed by atoms with E-state index < -0.39 is 10.0 Å². The molecule has 0 bridgehead atoms. The Labute approximate surface area is 212 Å². The molecule has 0 fully saturated rings. The van der Waals surface area contributed by atoms with Crippen molar-refractivity contribution in [2.24, 2.45) is 0 Å². The standard InChI is InChI=1S/C29H28N2O4S/c1-21-8-6-9-22(2)28(21)31-36(33,34)27-16-14-25(15-17-27)30-29(32)24-12-7-13-26(20-24)35-19-18-23-10-4-3-5-11-23/h3-17,20,31H,18-19H2,1-2H3,(H,30,32). The molecule has 0 unspecified atom stereocenters. The van der Waals surface area contributed by atoms with E-state index in [1.54, 1.807) is 30.3 Å². The van der Waals surface area contributed by atoms with E-state index in [2.05, 4.69) is 10.0 Å². The predicted octanol–water partition coefficient (Wildman–Crippen LogP) is 5.98. The fourth-order valence-electron chi connectivity index (χ4n) is 3.75. The Morgan fingerprint density at radius 1 is 0.806 bits per heavy atom. The van der Waals surface area contributed by atoms with Gasteiger partial charge in [0.2, 0.25) is 0 Å². The van der Waals surface area contributed by atoms with E-state index in [4.69, 9.17) is 4.74 Å². The number of rotatable bonds is 9. The van der Waals surface area contributed by atoms with Crippen LogP contribution in [0.3, 0.4) is 0 Å². The third kappa shape index (κ3) is 6.31. The highest BCUT2D eigenvalue weighted by atomic mass is 32.2. The molecule has 0 saturated heterocycles. The second kappa shape index (κ2) is 11.1. The number of anilines is 2. The van der Waals surface area contributed by atoms with Gasteiger partial charge in [-0.15, -0.1) is 0 Å². The molecular formula is C29H28N2O4S. The van der Waals surface area contributed by atoms with Crippen molar-refractivity contribution in [1.82, 2.24) is 0 Å². The van der Waals surface area contributed by atoms with Crippen molar-refractivity contribution in [3.8, 4) is 5.75 Å². The van der Waals surface area contributed by atoms with Crippen molar-refractivity contribution in [2.45, 2.75) is 25.2 Å². The van der Waals surface area contributed by atoms with E-state index in [0.29, 0.717) is 29.3 Å². The summed E-state index contributed by atoms with van der Waals surface area (Å²) in [5.41, 5.74) is 4.37.